The number of aromatic nitrogens is 2. The maximum Gasteiger partial charge on any atom is 0.285 e. The van der Waals surface area contributed by atoms with Gasteiger partial charge >= 0.3 is 0 Å². The topological polar surface area (TPSA) is 114 Å². The van der Waals surface area contributed by atoms with Gasteiger partial charge in [-0.1, -0.05) is 12.1 Å². The average Bonchev–Trinajstić information content (AvgIpc) is 2.93. The lowest BCUT2D eigenvalue weighted by molar-refractivity contribution is 0.0974. The van der Waals surface area contributed by atoms with E-state index in [0.717, 1.165) is 55.3 Å². The van der Waals surface area contributed by atoms with Gasteiger partial charge in [0.2, 0.25) is 10.0 Å². The molecular weight excluding hydrogens is 542 g/mol. The van der Waals surface area contributed by atoms with Gasteiger partial charge in [0.15, 0.2) is 11.5 Å². The monoisotopic (exact) mass is 581 g/mol. The molecule has 0 spiro atoms. The van der Waals surface area contributed by atoms with Crippen molar-refractivity contribution in [2.24, 2.45) is 0 Å². The Hall–Kier alpha value is -3.70. The van der Waals surface area contributed by atoms with E-state index in [4.69, 9.17) is 9.47 Å². The molecule has 0 unspecified atom stereocenters. The van der Waals surface area contributed by atoms with Gasteiger partial charge in [0.05, 0.1) is 18.0 Å². The van der Waals surface area contributed by atoms with E-state index < -0.39 is 20.7 Å². The largest absolute Gasteiger partial charge is 0.494 e. The molecule has 0 saturated carbocycles. The maximum atomic E-state index is 12.4. The van der Waals surface area contributed by atoms with Crippen molar-refractivity contribution >= 4 is 21.7 Å². The molecule has 41 heavy (non-hydrogen) atoms. The van der Waals surface area contributed by atoms with Gasteiger partial charge in [-0.2, -0.15) is 0 Å². The van der Waals surface area contributed by atoms with Crippen molar-refractivity contribution in [2.75, 3.05) is 44.3 Å². The van der Waals surface area contributed by atoms with E-state index in [9.17, 15) is 13.2 Å². The van der Waals surface area contributed by atoms with Crippen molar-refractivity contribution in [3.05, 3.63) is 65.9 Å². The fourth-order valence-electron chi connectivity index (χ4n) is 4.44. The number of piperazine rings is 1. The Morgan fingerprint density at radius 2 is 1.56 bits per heavy atom. The predicted octanol–water partition coefficient (Wildman–Crippen LogP) is 4.12. The van der Waals surface area contributed by atoms with E-state index in [-0.39, 0.29) is 5.69 Å². The van der Waals surface area contributed by atoms with Gasteiger partial charge in [-0.25, -0.2) is 13.1 Å². The minimum atomic E-state index is -3.83. The van der Waals surface area contributed by atoms with Gasteiger partial charge in [-0.15, -0.1) is 10.2 Å². The molecular formula is C30H39N5O5S. The summed E-state index contributed by atoms with van der Waals surface area (Å²) in [6.07, 6.45) is 0. The van der Waals surface area contributed by atoms with Crippen LogP contribution in [0.25, 0.3) is 11.1 Å². The summed E-state index contributed by atoms with van der Waals surface area (Å²) in [7, 11) is -3.83. The summed E-state index contributed by atoms with van der Waals surface area (Å²) in [6.45, 7) is 13.6. The Labute approximate surface area is 242 Å². The molecule has 0 bridgehead atoms. The number of hydrogen-bond donors (Lipinski definition) is 1. The van der Waals surface area contributed by atoms with Crippen molar-refractivity contribution < 1.29 is 22.7 Å². The van der Waals surface area contributed by atoms with E-state index in [2.05, 4.69) is 55.1 Å². The highest BCUT2D eigenvalue weighted by Crippen LogP contribution is 2.30. The van der Waals surface area contributed by atoms with Crippen molar-refractivity contribution in [1.29, 1.82) is 0 Å². The molecule has 220 valence electrons. The first-order valence-corrected chi connectivity index (χ1v) is 15.3. The fraction of sp³-hybridized carbons (Fsp3) is 0.433. The van der Waals surface area contributed by atoms with Gasteiger partial charge in [-0.3, -0.25) is 9.69 Å². The molecule has 2 aromatic carbocycles. The first kappa shape index (κ1) is 30.3. The third-order valence-corrected chi connectivity index (χ3v) is 8.84. The minimum absolute atomic E-state index is 0.0445. The molecule has 1 aliphatic heterocycles. The summed E-state index contributed by atoms with van der Waals surface area (Å²) >= 11 is 0. The summed E-state index contributed by atoms with van der Waals surface area (Å²) in [5, 5.41) is 8.18. The summed E-state index contributed by atoms with van der Waals surface area (Å²) in [5.74, 6) is 1.54. The van der Waals surface area contributed by atoms with Gasteiger partial charge in [-0.05, 0) is 93.8 Å². The molecule has 11 heteroatoms. The lowest BCUT2D eigenvalue weighted by Gasteiger charge is -2.35. The fourth-order valence-corrected chi connectivity index (χ4v) is 5.09. The number of rotatable bonds is 10. The summed E-state index contributed by atoms with van der Waals surface area (Å²) < 4.78 is 37.1. The molecule has 1 amide bonds. The summed E-state index contributed by atoms with van der Waals surface area (Å²) in [5.41, 5.74) is 3.29. The highest BCUT2D eigenvalue weighted by Gasteiger charge is 2.31. The zero-order chi connectivity index (χ0) is 29.6. The van der Waals surface area contributed by atoms with E-state index in [0.29, 0.717) is 19.0 Å². The molecule has 0 radical (unpaired) electrons. The molecule has 1 aliphatic rings. The van der Waals surface area contributed by atoms with Crippen molar-refractivity contribution in [2.45, 2.75) is 45.9 Å². The highest BCUT2D eigenvalue weighted by molar-refractivity contribution is 7.91. The second kappa shape index (κ2) is 12.9. The number of nitrogens with one attached hydrogen (secondary N) is 1. The minimum Gasteiger partial charge on any atom is -0.494 e. The van der Waals surface area contributed by atoms with Crippen LogP contribution >= 0.6 is 0 Å². The quantitative estimate of drug-likeness (QED) is 0.378. The van der Waals surface area contributed by atoms with Crippen molar-refractivity contribution in [3.63, 3.8) is 0 Å². The Balaban J connectivity index is 1.39. The van der Waals surface area contributed by atoms with Crippen molar-refractivity contribution in [3.8, 4) is 22.6 Å². The lowest BCUT2D eigenvalue weighted by Crippen LogP contribution is -2.46. The molecule has 3 aromatic rings. The van der Waals surface area contributed by atoms with E-state index in [1.807, 2.05) is 26.0 Å². The number of hydrogen-bond acceptors (Lipinski definition) is 9. The molecule has 1 saturated heterocycles. The Morgan fingerprint density at radius 1 is 0.878 bits per heavy atom. The Kier molecular flexibility index (Phi) is 9.49. The number of amides is 1. The third kappa shape index (κ3) is 7.74. The van der Waals surface area contributed by atoms with Crippen molar-refractivity contribution in [1.82, 2.24) is 19.8 Å². The molecule has 2 heterocycles. The smallest absolute Gasteiger partial charge is 0.285 e. The maximum absolute atomic E-state index is 12.4. The van der Waals surface area contributed by atoms with Crippen LogP contribution in [0.3, 0.4) is 0 Å². The van der Waals surface area contributed by atoms with Crippen LogP contribution in [-0.4, -0.2) is 73.6 Å². The zero-order valence-electron chi connectivity index (χ0n) is 24.4. The van der Waals surface area contributed by atoms with Gasteiger partial charge in [0, 0.05) is 32.7 Å². The summed E-state index contributed by atoms with van der Waals surface area (Å²) in [6, 6.07) is 17.7. The normalized spacial score (nSPS) is 14.5. The molecule has 0 aliphatic carbocycles. The van der Waals surface area contributed by atoms with Crippen LogP contribution in [0.15, 0.2) is 54.6 Å². The highest BCUT2D eigenvalue weighted by atomic mass is 32.2. The first-order chi connectivity index (χ1) is 19.5. The number of ether oxygens (including phenoxy) is 2. The predicted molar refractivity (Wildman–Crippen MR) is 160 cm³/mol. The number of sulfonamides is 1. The van der Waals surface area contributed by atoms with Crippen LogP contribution in [0.5, 0.6) is 11.5 Å². The Bertz CT molecular complexity index is 1450. The number of carbonyl (C=O) groups is 1. The second-order valence-electron chi connectivity index (χ2n) is 10.8. The SMILES string of the molecule is CCOc1cccc(-c2cc(CN3CCN(c4ccc(C(=O)NS(=O)(=O)C(C)(C)C)nn4)CC3)cc(OCC)c2)c1. The first-order valence-electron chi connectivity index (χ1n) is 13.9. The van der Waals surface area contributed by atoms with Gasteiger partial charge in [0.25, 0.3) is 5.91 Å². The third-order valence-electron chi connectivity index (χ3n) is 6.77. The second-order valence-corrected chi connectivity index (χ2v) is 13.3. The number of nitrogens with zero attached hydrogens (tertiary/aromatic N) is 4. The van der Waals surface area contributed by atoms with Crippen LogP contribution < -0.4 is 19.1 Å². The number of benzene rings is 2. The number of anilines is 1. The van der Waals surface area contributed by atoms with Gasteiger partial charge < -0.3 is 14.4 Å². The standard InChI is InChI=1S/C30H39N5O5S/c1-6-39-25-10-8-9-23(19-25)24-17-22(18-26(20-24)40-7-2)21-34-13-15-35(16-14-34)28-12-11-27(31-32-28)29(36)33-41(37,38)30(3,4)5/h8-12,17-20H,6-7,13-16,21H2,1-5H3,(H,33,36). The molecule has 4 rings (SSSR count). The van der Waals surface area contributed by atoms with E-state index in [1.54, 1.807) is 6.07 Å². The van der Waals surface area contributed by atoms with E-state index in [1.165, 1.54) is 32.4 Å². The van der Waals surface area contributed by atoms with Crippen LogP contribution in [0.2, 0.25) is 0 Å². The van der Waals surface area contributed by atoms with Crippen LogP contribution in [0.1, 0.15) is 50.7 Å². The Morgan fingerprint density at radius 3 is 2.20 bits per heavy atom. The molecule has 0 atom stereocenters. The van der Waals surface area contributed by atoms with Crippen LogP contribution in [0, 0.1) is 0 Å². The van der Waals surface area contributed by atoms with Crippen LogP contribution in [0.4, 0.5) is 5.82 Å². The number of carbonyl (C=O) groups excluding carboxylic acids is 1. The van der Waals surface area contributed by atoms with Crippen LogP contribution in [-0.2, 0) is 16.6 Å². The summed E-state index contributed by atoms with van der Waals surface area (Å²) in [4.78, 5) is 16.9. The average molecular weight is 582 g/mol. The lowest BCUT2D eigenvalue weighted by atomic mass is 10.0. The van der Waals surface area contributed by atoms with E-state index >= 15 is 0 Å². The zero-order valence-corrected chi connectivity index (χ0v) is 25.2. The molecule has 1 aromatic heterocycles. The molecule has 1 N–H and O–H groups in total. The molecule has 1 fully saturated rings. The van der Waals surface area contributed by atoms with Gasteiger partial charge in [0.1, 0.15) is 11.5 Å². The molecule has 10 nitrogen and oxygen atoms in total.